The number of hydrogen-bond acceptors (Lipinski definition) is 4. The zero-order valence-electron chi connectivity index (χ0n) is 13.4. The predicted molar refractivity (Wildman–Crippen MR) is 96.7 cm³/mol. The van der Waals surface area contributed by atoms with E-state index in [1.165, 1.54) is 25.3 Å². The number of hydrogen-bond donors (Lipinski definition) is 1. The van der Waals surface area contributed by atoms with Gasteiger partial charge in [0.2, 0.25) is 0 Å². The maximum Gasteiger partial charge on any atom is 0.159 e. The molecule has 0 unspecified atom stereocenters. The van der Waals surface area contributed by atoms with E-state index in [9.17, 15) is 0 Å². The van der Waals surface area contributed by atoms with Crippen molar-refractivity contribution in [1.29, 1.82) is 0 Å². The van der Waals surface area contributed by atoms with Crippen LogP contribution in [0.3, 0.4) is 0 Å². The smallest absolute Gasteiger partial charge is 0.159 e. The number of methoxy groups -OCH3 is 2. The molecule has 23 heavy (non-hydrogen) atoms. The van der Waals surface area contributed by atoms with E-state index in [1.54, 1.807) is 12.3 Å². The molecule has 0 bridgehead atoms. The number of aryl methyl sites for hydroxylation is 2. The molecule has 2 aromatic carbocycles. The Bertz CT molecular complexity index is 746. The molecule has 0 radical (unpaired) electrons. The first-order valence-electron chi connectivity index (χ1n) is 6.94. The highest BCUT2D eigenvalue weighted by molar-refractivity contribution is 6.38. The fourth-order valence-corrected chi connectivity index (χ4v) is 2.78. The normalized spacial score (nSPS) is 10.9. The number of nitrogens with zero attached hydrogens (tertiary/aromatic N) is 1. The molecule has 0 amide bonds. The van der Waals surface area contributed by atoms with Crippen LogP contribution in [-0.2, 0) is 0 Å². The SMILES string of the molecule is COc1c(Cl)cc(/C=N/Nc2ccc(C)c(C)c2)c(OC)c1Cl. The Kier molecular flexibility index (Phi) is 5.74. The molecule has 0 atom stereocenters. The third-order valence-electron chi connectivity index (χ3n) is 3.47. The summed E-state index contributed by atoms with van der Waals surface area (Å²) in [5, 5.41) is 4.93. The van der Waals surface area contributed by atoms with Gasteiger partial charge in [0.1, 0.15) is 10.8 Å². The predicted octanol–water partition coefficient (Wildman–Crippen LogP) is 5.07. The molecule has 0 saturated heterocycles. The minimum Gasteiger partial charge on any atom is -0.494 e. The molecule has 122 valence electrons. The van der Waals surface area contributed by atoms with E-state index in [4.69, 9.17) is 32.7 Å². The Morgan fingerprint density at radius 2 is 1.70 bits per heavy atom. The Labute approximate surface area is 146 Å². The van der Waals surface area contributed by atoms with Crippen molar-refractivity contribution in [3.05, 3.63) is 51.0 Å². The van der Waals surface area contributed by atoms with Crippen LogP contribution in [0, 0.1) is 13.8 Å². The molecule has 0 aromatic heterocycles. The van der Waals surface area contributed by atoms with Gasteiger partial charge in [0, 0.05) is 5.56 Å². The Morgan fingerprint density at radius 1 is 1.00 bits per heavy atom. The summed E-state index contributed by atoms with van der Waals surface area (Å²) in [5.41, 5.74) is 6.95. The number of benzene rings is 2. The Balaban J connectivity index is 2.26. The summed E-state index contributed by atoms with van der Waals surface area (Å²) in [5.74, 6) is 0.836. The van der Waals surface area contributed by atoms with E-state index in [0.29, 0.717) is 27.1 Å². The zero-order chi connectivity index (χ0) is 17.0. The summed E-state index contributed by atoms with van der Waals surface area (Å²) in [6, 6.07) is 7.72. The average molecular weight is 353 g/mol. The zero-order valence-corrected chi connectivity index (χ0v) is 14.9. The second kappa shape index (κ2) is 7.57. The van der Waals surface area contributed by atoms with Crippen molar-refractivity contribution in [2.24, 2.45) is 5.10 Å². The molecular formula is C17H18Cl2N2O2. The summed E-state index contributed by atoms with van der Waals surface area (Å²) in [6.45, 7) is 4.12. The van der Waals surface area contributed by atoms with Crippen molar-refractivity contribution >= 4 is 35.1 Å². The van der Waals surface area contributed by atoms with Gasteiger partial charge < -0.3 is 9.47 Å². The molecule has 2 aromatic rings. The van der Waals surface area contributed by atoms with Crippen LogP contribution in [0.5, 0.6) is 11.5 Å². The standard InChI is InChI=1S/C17H18Cl2N2O2/c1-10-5-6-13(7-11(10)2)21-20-9-12-8-14(18)17(23-4)15(19)16(12)22-3/h5-9,21H,1-4H3/b20-9+. The molecule has 0 spiro atoms. The molecule has 1 N–H and O–H groups in total. The molecule has 6 heteroatoms. The molecule has 4 nitrogen and oxygen atoms in total. The van der Waals surface area contributed by atoms with Gasteiger partial charge >= 0.3 is 0 Å². The van der Waals surface area contributed by atoms with E-state index < -0.39 is 0 Å². The summed E-state index contributed by atoms with van der Waals surface area (Å²) in [7, 11) is 3.03. The van der Waals surface area contributed by atoms with Crippen molar-refractivity contribution in [3.63, 3.8) is 0 Å². The van der Waals surface area contributed by atoms with Crippen LogP contribution in [0.1, 0.15) is 16.7 Å². The highest BCUT2D eigenvalue weighted by Crippen LogP contribution is 2.41. The summed E-state index contributed by atoms with van der Waals surface area (Å²) in [4.78, 5) is 0. The third-order valence-corrected chi connectivity index (χ3v) is 4.10. The molecule has 0 heterocycles. The lowest BCUT2D eigenvalue weighted by molar-refractivity contribution is 0.394. The van der Waals surface area contributed by atoms with E-state index in [0.717, 1.165) is 5.69 Å². The average Bonchev–Trinajstić information content (AvgIpc) is 2.51. The van der Waals surface area contributed by atoms with Gasteiger partial charge in [0.25, 0.3) is 0 Å². The second-order valence-corrected chi connectivity index (χ2v) is 5.78. The fraction of sp³-hybridized carbons (Fsp3) is 0.235. The van der Waals surface area contributed by atoms with Gasteiger partial charge in [-0.1, -0.05) is 29.3 Å². The monoisotopic (exact) mass is 352 g/mol. The highest BCUT2D eigenvalue weighted by Gasteiger charge is 2.16. The van der Waals surface area contributed by atoms with Gasteiger partial charge in [-0.05, 0) is 43.2 Å². The van der Waals surface area contributed by atoms with Crippen molar-refractivity contribution in [2.75, 3.05) is 19.6 Å². The van der Waals surface area contributed by atoms with E-state index >= 15 is 0 Å². The number of rotatable bonds is 5. The molecule has 0 aliphatic heterocycles. The molecule has 0 saturated carbocycles. The maximum absolute atomic E-state index is 6.24. The van der Waals surface area contributed by atoms with Crippen LogP contribution in [-0.4, -0.2) is 20.4 Å². The molecule has 0 aliphatic carbocycles. The summed E-state index contributed by atoms with van der Waals surface area (Å²) in [6.07, 6.45) is 1.60. The molecule has 0 fully saturated rings. The van der Waals surface area contributed by atoms with Crippen molar-refractivity contribution in [2.45, 2.75) is 13.8 Å². The lowest BCUT2D eigenvalue weighted by Crippen LogP contribution is -1.98. The first-order chi connectivity index (χ1) is 11.0. The van der Waals surface area contributed by atoms with E-state index in [2.05, 4.69) is 24.4 Å². The number of anilines is 1. The fourth-order valence-electron chi connectivity index (χ4n) is 2.08. The topological polar surface area (TPSA) is 42.8 Å². The molecule has 0 aliphatic rings. The maximum atomic E-state index is 6.24. The van der Waals surface area contributed by atoms with Gasteiger partial charge in [-0.3, -0.25) is 5.43 Å². The van der Waals surface area contributed by atoms with Crippen LogP contribution in [0.2, 0.25) is 10.0 Å². The number of hydrazone groups is 1. The Hall–Kier alpha value is -1.91. The van der Waals surface area contributed by atoms with Gasteiger partial charge in [-0.2, -0.15) is 5.10 Å². The van der Waals surface area contributed by atoms with Crippen LogP contribution < -0.4 is 14.9 Å². The van der Waals surface area contributed by atoms with Crippen LogP contribution >= 0.6 is 23.2 Å². The molecular weight excluding hydrogens is 335 g/mol. The lowest BCUT2D eigenvalue weighted by Gasteiger charge is -2.12. The van der Waals surface area contributed by atoms with Gasteiger partial charge in [0.05, 0.1) is 31.1 Å². The van der Waals surface area contributed by atoms with Gasteiger partial charge in [-0.25, -0.2) is 0 Å². The minimum absolute atomic E-state index is 0.315. The number of ether oxygens (including phenoxy) is 2. The van der Waals surface area contributed by atoms with Crippen LogP contribution in [0.15, 0.2) is 29.4 Å². The second-order valence-electron chi connectivity index (χ2n) is 5.00. The summed E-state index contributed by atoms with van der Waals surface area (Å²) >= 11 is 12.4. The van der Waals surface area contributed by atoms with Crippen molar-refractivity contribution in [3.8, 4) is 11.5 Å². The lowest BCUT2D eigenvalue weighted by atomic mass is 10.1. The van der Waals surface area contributed by atoms with E-state index in [1.807, 2.05) is 18.2 Å². The van der Waals surface area contributed by atoms with Gasteiger partial charge in [-0.15, -0.1) is 0 Å². The first-order valence-corrected chi connectivity index (χ1v) is 7.69. The summed E-state index contributed by atoms with van der Waals surface area (Å²) < 4.78 is 10.5. The first kappa shape index (κ1) is 17.4. The van der Waals surface area contributed by atoms with E-state index in [-0.39, 0.29) is 0 Å². The molecule has 2 rings (SSSR count). The van der Waals surface area contributed by atoms with Crippen molar-refractivity contribution < 1.29 is 9.47 Å². The largest absolute Gasteiger partial charge is 0.494 e. The van der Waals surface area contributed by atoms with Gasteiger partial charge in [0.15, 0.2) is 5.75 Å². The number of halogens is 2. The van der Waals surface area contributed by atoms with Crippen LogP contribution in [0.25, 0.3) is 0 Å². The quantitative estimate of drug-likeness (QED) is 0.603. The van der Waals surface area contributed by atoms with Crippen LogP contribution in [0.4, 0.5) is 5.69 Å². The highest BCUT2D eigenvalue weighted by atomic mass is 35.5. The Morgan fingerprint density at radius 3 is 2.30 bits per heavy atom. The number of nitrogens with one attached hydrogen (secondary N) is 1. The third kappa shape index (κ3) is 3.89. The van der Waals surface area contributed by atoms with Crippen molar-refractivity contribution in [1.82, 2.24) is 0 Å². The minimum atomic E-state index is 0.315.